The highest BCUT2D eigenvalue weighted by Crippen LogP contribution is 2.29. The Hall–Kier alpha value is -0.390. The zero-order valence-corrected chi connectivity index (χ0v) is 10.6. The largest absolute Gasteiger partial charge is 0.333 e. The van der Waals surface area contributed by atoms with Crippen LogP contribution in [0.1, 0.15) is 0 Å². The Morgan fingerprint density at radius 1 is 1.29 bits per heavy atom. The van der Waals surface area contributed by atoms with Crippen molar-refractivity contribution in [2.45, 2.75) is 0 Å². The van der Waals surface area contributed by atoms with Crippen molar-refractivity contribution in [2.75, 3.05) is 0 Å². The highest BCUT2D eigenvalue weighted by atomic mass is 79.9. The van der Waals surface area contributed by atoms with Crippen LogP contribution in [0, 0.1) is 0 Å². The van der Waals surface area contributed by atoms with Crippen molar-refractivity contribution in [2.24, 2.45) is 0 Å². The number of hydrogen-bond donors (Lipinski definition) is 0. The van der Waals surface area contributed by atoms with Crippen molar-refractivity contribution in [1.82, 2.24) is 10.1 Å². The van der Waals surface area contributed by atoms with Crippen LogP contribution >= 0.6 is 43.5 Å². The minimum absolute atomic E-state index is 0.392. The van der Waals surface area contributed by atoms with Gasteiger partial charge in [-0.25, -0.2) is 0 Å². The van der Waals surface area contributed by atoms with E-state index < -0.39 is 0 Å². The standard InChI is InChI=1S/C8H3Br2ClN2O/c9-4-1-2-6(11)5(3-4)7-12-8(10)13-14-7/h1-3H. The van der Waals surface area contributed by atoms with Crippen molar-refractivity contribution < 1.29 is 4.52 Å². The lowest BCUT2D eigenvalue weighted by atomic mass is 10.2. The molecule has 0 fully saturated rings. The molecular weight excluding hydrogens is 335 g/mol. The zero-order chi connectivity index (χ0) is 10.1. The van der Waals surface area contributed by atoms with E-state index in [1.54, 1.807) is 6.07 Å². The third-order valence-electron chi connectivity index (χ3n) is 1.56. The Bertz CT molecular complexity index is 472. The van der Waals surface area contributed by atoms with E-state index in [0.717, 1.165) is 4.47 Å². The number of hydrogen-bond acceptors (Lipinski definition) is 3. The van der Waals surface area contributed by atoms with Crippen molar-refractivity contribution in [3.63, 3.8) is 0 Å². The van der Waals surface area contributed by atoms with Crippen LogP contribution < -0.4 is 0 Å². The van der Waals surface area contributed by atoms with Crippen LogP contribution in [-0.4, -0.2) is 10.1 Å². The summed E-state index contributed by atoms with van der Waals surface area (Å²) < 4.78 is 6.29. The summed E-state index contributed by atoms with van der Waals surface area (Å²) in [5.74, 6) is 0.392. The van der Waals surface area contributed by atoms with E-state index in [-0.39, 0.29) is 0 Å². The van der Waals surface area contributed by atoms with E-state index in [0.29, 0.717) is 21.2 Å². The number of nitrogens with zero attached hydrogens (tertiary/aromatic N) is 2. The van der Waals surface area contributed by atoms with E-state index in [2.05, 4.69) is 42.0 Å². The second-order valence-electron chi connectivity index (χ2n) is 2.49. The molecule has 72 valence electrons. The predicted molar refractivity (Wildman–Crippen MR) is 60.1 cm³/mol. The average Bonchev–Trinajstić information content (AvgIpc) is 2.56. The van der Waals surface area contributed by atoms with Gasteiger partial charge in [-0.05, 0) is 39.3 Å². The molecular formula is C8H3Br2ClN2O. The molecule has 0 saturated heterocycles. The molecule has 0 spiro atoms. The summed E-state index contributed by atoms with van der Waals surface area (Å²) in [5.41, 5.74) is 0.708. The smallest absolute Gasteiger partial charge is 0.260 e. The molecule has 3 nitrogen and oxygen atoms in total. The van der Waals surface area contributed by atoms with Crippen molar-refractivity contribution in [1.29, 1.82) is 0 Å². The molecule has 1 heterocycles. The molecule has 0 aliphatic heterocycles. The fourth-order valence-electron chi connectivity index (χ4n) is 0.976. The molecule has 1 aromatic heterocycles. The number of halogens is 3. The Labute approximate surface area is 102 Å². The highest BCUT2D eigenvalue weighted by molar-refractivity contribution is 9.10. The molecule has 0 saturated carbocycles. The fourth-order valence-corrected chi connectivity index (χ4v) is 1.77. The van der Waals surface area contributed by atoms with Crippen LogP contribution in [0.4, 0.5) is 0 Å². The predicted octanol–water partition coefficient (Wildman–Crippen LogP) is 3.92. The van der Waals surface area contributed by atoms with Gasteiger partial charge in [0.1, 0.15) is 0 Å². The summed E-state index contributed by atoms with van der Waals surface area (Å²) in [7, 11) is 0. The number of aromatic nitrogens is 2. The van der Waals surface area contributed by atoms with Gasteiger partial charge in [-0.15, -0.1) is 0 Å². The lowest BCUT2D eigenvalue weighted by Crippen LogP contribution is -1.79. The van der Waals surface area contributed by atoms with Gasteiger partial charge in [-0.1, -0.05) is 27.5 Å². The molecule has 2 aromatic rings. The first-order valence-electron chi connectivity index (χ1n) is 3.61. The summed E-state index contributed by atoms with van der Waals surface area (Å²) in [4.78, 5) is 4.02. The monoisotopic (exact) mass is 336 g/mol. The maximum absolute atomic E-state index is 5.98. The normalized spacial score (nSPS) is 10.5. The van der Waals surface area contributed by atoms with Crippen LogP contribution in [0.25, 0.3) is 11.5 Å². The summed E-state index contributed by atoms with van der Waals surface area (Å²) in [6.07, 6.45) is 0. The third kappa shape index (κ3) is 1.99. The first-order chi connectivity index (χ1) is 6.66. The third-order valence-corrected chi connectivity index (χ3v) is 2.70. The van der Waals surface area contributed by atoms with Crippen LogP contribution in [-0.2, 0) is 0 Å². The molecule has 0 N–H and O–H groups in total. The quantitative estimate of drug-likeness (QED) is 0.791. The molecule has 0 bridgehead atoms. The first kappa shape index (κ1) is 10.1. The van der Waals surface area contributed by atoms with E-state index in [1.807, 2.05) is 12.1 Å². The Morgan fingerprint density at radius 2 is 2.07 bits per heavy atom. The van der Waals surface area contributed by atoms with E-state index in [4.69, 9.17) is 16.1 Å². The van der Waals surface area contributed by atoms with E-state index >= 15 is 0 Å². The molecule has 2 rings (SSSR count). The Kier molecular flexibility index (Phi) is 2.90. The van der Waals surface area contributed by atoms with Gasteiger partial charge in [-0.3, -0.25) is 0 Å². The van der Waals surface area contributed by atoms with Crippen molar-refractivity contribution in [3.05, 3.63) is 32.4 Å². The lowest BCUT2D eigenvalue weighted by Gasteiger charge is -1.98. The minimum atomic E-state index is 0.392. The van der Waals surface area contributed by atoms with Gasteiger partial charge in [0, 0.05) is 4.47 Å². The maximum atomic E-state index is 5.98. The minimum Gasteiger partial charge on any atom is -0.333 e. The maximum Gasteiger partial charge on any atom is 0.260 e. The molecule has 6 heteroatoms. The summed E-state index contributed by atoms with van der Waals surface area (Å²) in [6.45, 7) is 0. The van der Waals surface area contributed by atoms with Gasteiger partial charge in [-0.2, -0.15) is 4.98 Å². The molecule has 0 unspecified atom stereocenters. The molecule has 14 heavy (non-hydrogen) atoms. The van der Waals surface area contributed by atoms with Gasteiger partial charge in [0.2, 0.25) is 4.73 Å². The molecule has 1 aromatic carbocycles. The van der Waals surface area contributed by atoms with Crippen molar-refractivity contribution in [3.8, 4) is 11.5 Å². The van der Waals surface area contributed by atoms with E-state index in [1.165, 1.54) is 0 Å². The van der Waals surface area contributed by atoms with Gasteiger partial charge < -0.3 is 4.52 Å². The van der Waals surface area contributed by atoms with Gasteiger partial charge in [0.25, 0.3) is 5.89 Å². The summed E-state index contributed by atoms with van der Waals surface area (Å²) in [5, 5.41) is 4.19. The second-order valence-corrected chi connectivity index (χ2v) is 4.52. The molecule has 0 amide bonds. The molecule has 0 aliphatic carbocycles. The van der Waals surface area contributed by atoms with Crippen LogP contribution in [0.3, 0.4) is 0 Å². The summed E-state index contributed by atoms with van der Waals surface area (Å²) >= 11 is 12.4. The number of rotatable bonds is 1. The van der Waals surface area contributed by atoms with Crippen molar-refractivity contribution >= 4 is 43.5 Å². The molecule has 0 atom stereocenters. The molecule has 0 aliphatic rings. The Balaban J connectivity index is 2.55. The first-order valence-corrected chi connectivity index (χ1v) is 5.58. The van der Waals surface area contributed by atoms with Gasteiger partial charge in [0.15, 0.2) is 0 Å². The summed E-state index contributed by atoms with van der Waals surface area (Å²) in [6, 6.07) is 5.43. The average molecular weight is 338 g/mol. The highest BCUT2D eigenvalue weighted by Gasteiger charge is 2.11. The van der Waals surface area contributed by atoms with E-state index in [9.17, 15) is 0 Å². The lowest BCUT2D eigenvalue weighted by molar-refractivity contribution is 0.426. The SMILES string of the molecule is Clc1ccc(Br)cc1-c1nc(Br)no1. The van der Waals surface area contributed by atoms with Crippen LogP contribution in [0.5, 0.6) is 0 Å². The van der Waals surface area contributed by atoms with Crippen LogP contribution in [0.2, 0.25) is 5.02 Å². The fraction of sp³-hybridized carbons (Fsp3) is 0. The van der Waals surface area contributed by atoms with Gasteiger partial charge in [0.05, 0.1) is 10.6 Å². The molecule has 0 radical (unpaired) electrons. The van der Waals surface area contributed by atoms with Gasteiger partial charge >= 0.3 is 0 Å². The number of benzene rings is 1. The second kappa shape index (κ2) is 4.00. The Morgan fingerprint density at radius 3 is 2.71 bits per heavy atom. The topological polar surface area (TPSA) is 38.9 Å². The zero-order valence-electron chi connectivity index (χ0n) is 6.67. The van der Waals surface area contributed by atoms with Crippen LogP contribution in [0.15, 0.2) is 31.9 Å².